The van der Waals surface area contributed by atoms with Gasteiger partial charge in [-0.15, -0.1) is 11.3 Å². The van der Waals surface area contributed by atoms with E-state index in [1.807, 2.05) is 17.3 Å². The number of aliphatic carboxylic acids is 1. The largest absolute Gasteiger partial charge is 0.481 e. The minimum absolute atomic E-state index is 0.0696. The molecule has 0 aliphatic heterocycles. The molecule has 0 spiro atoms. The molecule has 1 aromatic carbocycles. The molecule has 0 saturated carbocycles. The predicted octanol–water partition coefficient (Wildman–Crippen LogP) is 2.94. The maximum absolute atomic E-state index is 13.6. The molecule has 106 valence electrons. The number of carboxylic acid groups (broad SMARTS) is 1. The molecule has 4 nitrogen and oxygen atoms in total. The van der Waals surface area contributed by atoms with Crippen LogP contribution in [0.3, 0.4) is 0 Å². The van der Waals surface area contributed by atoms with Crippen LogP contribution in [0.5, 0.6) is 0 Å². The lowest BCUT2D eigenvalue weighted by Gasteiger charge is -2.16. The molecular formula is C14H15FN2O2S. The molecule has 20 heavy (non-hydrogen) atoms. The van der Waals surface area contributed by atoms with Crippen molar-refractivity contribution in [3.63, 3.8) is 0 Å². The fourth-order valence-electron chi connectivity index (χ4n) is 1.77. The summed E-state index contributed by atoms with van der Waals surface area (Å²) in [6.07, 6.45) is 0.486. The molecule has 1 heterocycles. The summed E-state index contributed by atoms with van der Waals surface area (Å²) in [5.74, 6) is -1.07. The van der Waals surface area contributed by atoms with Crippen LogP contribution in [0, 0.1) is 5.82 Å². The number of aryl methyl sites for hydroxylation is 1. The Morgan fingerprint density at radius 2 is 2.20 bits per heavy atom. The van der Waals surface area contributed by atoms with Gasteiger partial charge < -0.3 is 10.0 Å². The molecule has 0 saturated heterocycles. The Morgan fingerprint density at radius 3 is 2.90 bits per heavy atom. The van der Waals surface area contributed by atoms with Crippen LogP contribution in [0.1, 0.15) is 17.7 Å². The molecule has 0 amide bonds. The molecule has 1 aromatic heterocycles. The Morgan fingerprint density at radius 1 is 1.45 bits per heavy atom. The maximum atomic E-state index is 13.6. The standard InChI is InChI=1S/C14H15FN2O2S/c1-17(8-10-4-2-3-5-12(10)15)14-16-11(9-20-14)6-7-13(18)19/h2-5,9H,6-8H2,1H3,(H,18,19). The molecule has 2 rings (SSSR count). The van der Waals surface area contributed by atoms with Gasteiger partial charge in [-0.1, -0.05) is 18.2 Å². The smallest absolute Gasteiger partial charge is 0.303 e. The number of hydrogen-bond acceptors (Lipinski definition) is 4. The molecule has 2 aromatic rings. The number of thiazole rings is 1. The van der Waals surface area contributed by atoms with E-state index < -0.39 is 5.97 Å². The number of carbonyl (C=O) groups is 1. The third-order valence-corrected chi connectivity index (χ3v) is 3.83. The number of aromatic nitrogens is 1. The van der Waals surface area contributed by atoms with Crippen LogP contribution in [0.15, 0.2) is 29.6 Å². The Kier molecular flexibility index (Phi) is 4.68. The van der Waals surface area contributed by atoms with Gasteiger partial charge in [0.05, 0.1) is 12.1 Å². The summed E-state index contributed by atoms with van der Waals surface area (Å²) >= 11 is 1.43. The molecule has 0 fully saturated rings. The highest BCUT2D eigenvalue weighted by Crippen LogP contribution is 2.22. The zero-order chi connectivity index (χ0) is 14.5. The Balaban J connectivity index is 2.01. The van der Waals surface area contributed by atoms with E-state index >= 15 is 0 Å². The van der Waals surface area contributed by atoms with Crippen molar-refractivity contribution in [3.05, 3.63) is 46.7 Å². The lowest BCUT2D eigenvalue weighted by molar-refractivity contribution is -0.136. The highest BCUT2D eigenvalue weighted by atomic mass is 32.1. The number of anilines is 1. The first kappa shape index (κ1) is 14.5. The molecule has 6 heteroatoms. The topological polar surface area (TPSA) is 53.4 Å². The SMILES string of the molecule is CN(Cc1ccccc1F)c1nc(CCC(=O)O)cs1. The first-order chi connectivity index (χ1) is 9.56. The van der Waals surface area contributed by atoms with Crippen LogP contribution in [0.4, 0.5) is 9.52 Å². The summed E-state index contributed by atoms with van der Waals surface area (Å²) in [5, 5.41) is 11.2. The molecule has 0 atom stereocenters. The average molecular weight is 294 g/mol. The summed E-state index contributed by atoms with van der Waals surface area (Å²) < 4.78 is 13.6. The van der Waals surface area contributed by atoms with Crippen molar-refractivity contribution in [1.29, 1.82) is 0 Å². The lowest BCUT2D eigenvalue weighted by atomic mass is 10.2. The van der Waals surface area contributed by atoms with Gasteiger partial charge in [0, 0.05) is 31.0 Å². The van der Waals surface area contributed by atoms with Crippen molar-refractivity contribution in [3.8, 4) is 0 Å². The summed E-state index contributed by atoms with van der Waals surface area (Å²) in [6, 6.07) is 6.63. The van der Waals surface area contributed by atoms with Gasteiger partial charge in [0.1, 0.15) is 5.82 Å². The zero-order valence-corrected chi connectivity index (χ0v) is 11.9. The lowest BCUT2D eigenvalue weighted by Crippen LogP contribution is -2.17. The summed E-state index contributed by atoms with van der Waals surface area (Å²) in [6.45, 7) is 0.429. The summed E-state index contributed by atoms with van der Waals surface area (Å²) in [7, 11) is 1.84. The van der Waals surface area contributed by atoms with Gasteiger partial charge in [0.2, 0.25) is 0 Å². The number of rotatable bonds is 6. The normalized spacial score (nSPS) is 10.5. The third-order valence-electron chi connectivity index (χ3n) is 2.83. The first-order valence-corrected chi connectivity index (χ1v) is 7.05. The van der Waals surface area contributed by atoms with Crippen LogP contribution >= 0.6 is 11.3 Å². The van der Waals surface area contributed by atoms with Crippen LogP contribution < -0.4 is 4.90 Å². The molecule has 0 bridgehead atoms. The fourth-order valence-corrected chi connectivity index (χ4v) is 2.60. The van der Waals surface area contributed by atoms with Gasteiger partial charge in [0.25, 0.3) is 0 Å². The third kappa shape index (κ3) is 3.77. The van der Waals surface area contributed by atoms with Crippen LogP contribution in [0.25, 0.3) is 0 Å². The molecule has 0 aliphatic rings. The monoisotopic (exact) mass is 294 g/mol. The van der Waals surface area contributed by atoms with E-state index in [-0.39, 0.29) is 12.2 Å². The molecule has 0 aliphatic carbocycles. The summed E-state index contributed by atoms with van der Waals surface area (Å²) in [5.41, 5.74) is 1.37. The van der Waals surface area contributed by atoms with Crippen LogP contribution in [0.2, 0.25) is 0 Å². The second kappa shape index (κ2) is 6.47. The van der Waals surface area contributed by atoms with Gasteiger partial charge in [-0.25, -0.2) is 9.37 Å². The van der Waals surface area contributed by atoms with E-state index in [2.05, 4.69) is 4.98 Å². The minimum atomic E-state index is -0.834. The van der Waals surface area contributed by atoms with E-state index in [0.29, 0.717) is 18.5 Å². The second-order valence-corrected chi connectivity index (χ2v) is 5.30. The van der Waals surface area contributed by atoms with Gasteiger partial charge >= 0.3 is 5.97 Å². The Labute approximate surface area is 120 Å². The predicted molar refractivity (Wildman–Crippen MR) is 76.6 cm³/mol. The Bertz CT molecular complexity index is 600. The number of nitrogens with zero attached hydrogens (tertiary/aromatic N) is 2. The van der Waals surface area contributed by atoms with E-state index in [4.69, 9.17) is 5.11 Å². The quantitative estimate of drug-likeness (QED) is 0.890. The Hall–Kier alpha value is -1.95. The highest BCUT2D eigenvalue weighted by molar-refractivity contribution is 7.13. The zero-order valence-electron chi connectivity index (χ0n) is 11.0. The van der Waals surface area contributed by atoms with Crippen LogP contribution in [-0.4, -0.2) is 23.1 Å². The molecule has 0 radical (unpaired) electrons. The van der Waals surface area contributed by atoms with Crippen LogP contribution in [-0.2, 0) is 17.8 Å². The summed E-state index contributed by atoms with van der Waals surface area (Å²) in [4.78, 5) is 16.7. The maximum Gasteiger partial charge on any atom is 0.303 e. The van der Waals surface area contributed by atoms with Gasteiger partial charge in [-0.05, 0) is 6.07 Å². The number of hydrogen-bond donors (Lipinski definition) is 1. The van der Waals surface area contributed by atoms with E-state index in [1.54, 1.807) is 18.2 Å². The van der Waals surface area contributed by atoms with Crippen molar-refractivity contribution in [1.82, 2.24) is 4.98 Å². The highest BCUT2D eigenvalue weighted by Gasteiger charge is 2.10. The van der Waals surface area contributed by atoms with E-state index in [1.165, 1.54) is 17.4 Å². The molecule has 0 unspecified atom stereocenters. The van der Waals surface area contributed by atoms with Crippen molar-refractivity contribution >= 4 is 22.4 Å². The van der Waals surface area contributed by atoms with Crippen molar-refractivity contribution in [2.75, 3.05) is 11.9 Å². The van der Waals surface area contributed by atoms with E-state index in [0.717, 1.165) is 10.8 Å². The number of carboxylic acids is 1. The van der Waals surface area contributed by atoms with Gasteiger partial charge in [0.15, 0.2) is 5.13 Å². The van der Waals surface area contributed by atoms with Crippen molar-refractivity contribution in [2.45, 2.75) is 19.4 Å². The number of benzene rings is 1. The fraction of sp³-hybridized carbons (Fsp3) is 0.286. The minimum Gasteiger partial charge on any atom is -0.481 e. The second-order valence-electron chi connectivity index (χ2n) is 4.46. The average Bonchev–Trinajstić information content (AvgIpc) is 2.88. The molecular weight excluding hydrogens is 279 g/mol. The van der Waals surface area contributed by atoms with Gasteiger partial charge in [-0.2, -0.15) is 0 Å². The van der Waals surface area contributed by atoms with E-state index in [9.17, 15) is 9.18 Å². The first-order valence-electron chi connectivity index (χ1n) is 6.17. The molecule has 1 N–H and O–H groups in total. The number of halogens is 1. The van der Waals surface area contributed by atoms with Crippen molar-refractivity contribution in [2.24, 2.45) is 0 Å². The van der Waals surface area contributed by atoms with Crippen molar-refractivity contribution < 1.29 is 14.3 Å². The van der Waals surface area contributed by atoms with Gasteiger partial charge in [-0.3, -0.25) is 4.79 Å².